The van der Waals surface area contributed by atoms with E-state index in [4.69, 9.17) is 0 Å². The van der Waals surface area contributed by atoms with Gasteiger partial charge in [-0.1, -0.05) is 50.2 Å². The van der Waals surface area contributed by atoms with Crippen LogP contribution in [0, 0.1) is 25.5 Å². The zero-order chi connectivity index (χ0) is 40.7. The van der Waals surface area contributed by atoms with E-state index in [0.29, 0.717) is 28.9 Å². The number of ether oxygens (including phenoxy) is 2. The number of hydrogen-bond acceptors (Lipinski definition) is 9. The number of nitrogens with one attached hydrogen (secondary N) is 2. The maximum absolute atomic E-state index is 14.7. The molecule has 0 saturated carbocycles. The lowest BCUT2D eigenvalue weighted by atomic mass is 10.1. The number of sulfone groups is 1. The lowest BCUT2D eigenvalue weighted by Gasteiger charge is -2.33. The van der Waals surface area contributed by atoms with E-state index in [1.165, 1.54) is 74.6 Å². The van der Waals surface area contributed by atoms with Crippen molar-refractivity contribution in [3.8, 4) is 0 Å². The van der Waals surface area contributed by atoms with Crippen molar-refractivity contribution in [2.75, 3.05) is 62.1 Å². The Hall–Kier alpha value is -5.34. The molecular formula is C43H54F2N4O7S. The van der Waals surface area contributed by atoms with Crippen LogP contribution in [0.1, 0.15) is 69.7 Å². The molecule has 2 aliphatic heterocycles. The molecule has 57 heavy (non-hydrogen) atoms. The molecule has 2 N–H and O–H groups in total. The van der Waals surface area contributed by atoms with Gasteiger partial charge in [-0.2, -0.15) is 0 Å². The van der Waals surface area contributed by atoms with Gasteiger partial charge in [-0.05, 0) is 111 Å². The van der Waals surface area contributed by atoms with Gasteiger partial charge >= 0.3 is 18.0 Å². The average molecular weight is 809 g/mol. The van der Waals surface area contributed by atoms with Crippen LogP contribution in [0.4, 0.5) is 25.0 Å². The SMILES string of the molecule is C.C1CCNCC1.COC(=O)c1ccc(CN(C(=O)N2CCS(=O)(=O)CC2)c2ccc(C)cc2F)cc1.COC(=O)c1ccc(CNc2ccc(C)cc2F)cc1. The lowest BCUT2D eigenvalue weighted by molar-refractivity contribution is 0.0592. The van der Waals surface area contributed by atoms with Crippen LogP contribution in [0.2, 0.25) is 0 Å². The van der Waals surface area contributed by atoms with Crippen molar-refractivity contribution in [2.24, 2.45) is 0 Å². The topological polar surface area (TPSA) is 134 Å². The second-order valence-corrected chi connectivity index (χ2v) is 15.8. The number of urea groups is 1. The molecule has 0 spiro atoms. The van der Waals surface area contributed by atoms with E-state index < -0.39 is 27.7 Å². The molecule has 14 heteroatoms. The number of amides is 2. The molecule has 4 aromatic carbocycles. The van der Waals surface area contributed by atoms with E-state index in [-0.39, 0.29) is 56.0 Å². The first-order valence-electron chi connectivity index (χ1n) is 18.4. The summed E-state index contributed by atoms with van der Waals surface area (Å²) < 4.78 is 61.1. The Kier molecular flexibility index (Phi) is 18.1. The molecule has 0 atom stereocenters. The monoisotopic (exact) mass is 808 g/mol. The van der Waals surface area contributed by atoms with Gasteiger partial charge in [0, 0.05) is 19.6 Å². The van der Waals surface area contributed by atoms with Crippen molar-refractivity contribution in [3.63, 3.8) is 0 Å². The minimum atomic E-state index is -3.16. The van der Waals surface area contributed by atoms with Gasteiger partial charge in [0.25, 0.3) is 0 Å². The molecule has 0 bridgehead atoms. The Morgan fingerprint density at radius 1 is 0.737 bits per heavy atom. The van der Waals surface area contributed by atoms with E-state index in [0.717, 1.165) is 16.7 Å². The third-order valence-electron chi connectivity index (χ3n) is 9.15. The molecule has 0 aromatic heterocycles. The summed E-state index contributed by atoms with van der Waals surface area (Å²) in [5.74, 6) is -1.88. The number of rotatable bonds is 8. The van der Waals surface area contributed by atoms with Crippen molar-refractivity contribution in [3.05, 3.63) is 130 Å². The van der Waals surface area contributed by atoms with E-state index in [1.54, 1.807) is 55.5 Å². The second kappa shape index (κ2) is 22.4. The first-order chi connectivity index (χ1) is 26.8. The molecular weight excluding hydrogens is 755 g/mol. The Morgan fingerprint density at radius 3 is 1.70 bits per heavy atom. The minimum Gasteiger partial charge on any atom is -0.465 e. The lowest BCUT2D eigenvalue weighted by Crippen LogP contribution is -2.50. The zero-order valence-corrected chi connectivity index (χ0v) is 33.1. The predicted molar refractivity (Wildman–Crippen MR) is 220 cm³/mol. The summed E-state index contributed by atoms with van der Waals surface area (Å²) in [6, 6.07) is 22.7. The minimum absolute atomic E-state index is 0. The summed E-state index contributed by atoms with van der Waals surface area (Å²) in [5.41, 5.74) is 4.67. The standard InChI is InChI=1S/C21H23FN2O5S.C16H16FNO2.C5H11N.CH4/c1-15-3-8-19(18(22)13-15)24(21(26)23-9-11-30(27,28)12-10-23)14-16-4-6-17(7-5-16)20(25)29-2;1-11-3-8-15(14(17)9-11)18-10-12-4-6-13(7-5-12)16(19)20-2;1-2-4-6-5-3-1;/h3-8,13H,9-12,14H2,1-2H3;3-9,18H,10H2,1-2H3;6H,1-5H2;1H4. The van der Waals surface area contributed by atoms with Crippen molar-refractivity contribution < 1.29 is 41.1 Å². The number of nitrogens with zero attached hydrogens (tertiary/aromatic N) is 2. The van der Waals surface area contributed by atoms with Crippen LogP contribution in [0.15, 0.2) is 84.9 Å². The van der Waals surface area contributed by atoms with Crippen LogP contribution in [-0.4, -0.2) is 83.2 Å². The Morgan fingerprint density at radius 2 is 1.25 bits per heavy atom. The number of esters is 2. The van der Waals surface area contributed by atoms with Gasteiger partial charge in [0.1, 0.15) is 11.6 Å². The van der Waals surface area contributed by atoms with Gasteiger partial charge in [-0.25, -0.2) is 31.6 Å². The number of halogens is 2. The Labute approximate surface area is 335 Å². The molecule has 2 saturated heterocycles. The van der Waals surface area contributed by atoms with E-state index >= 15 is 0 Å². The van der Waals surface area contributed by atoms with Crippen molar-refractivity contribution in [1.82, 2.24) is 10.2 Å². The van der Waals surface area contributed by atoms with Gasteiger partial charge in [-0.3, -0.25) is 4.90 Å². The molecule has 6 rings (SSSR count). The van der Waals surface area contributed by atoms with Gasteiger partial charge in [0.15, 0.2) is 9.84 Å². The van der Waals surface area contributed by atoms with Crippen LogP contribution >= 0.6 is 0 Å². The smallest absolute Gasteiger partial charge is 0.337 e. The molecule has 308 valence electrons. The zero-order valence-electron chi connectivity index (χ0n) is 32.3. The average Bonchev–Trinajstić information content (AvgIpc) is 3.20. The summed E-state index contributed by atoms with van der Waals surface area (Å²) in [6.07, 6.45) is 4.22. The fourth-order valence-electron chi connectivity index (χ4n) is 5.85. The number of benzene rings is 4. The second-order valence-electron chi connectivity index (χ2n) is 13.5. The molecule has 2 amide bonds. The van der Waals surface area contributed by atoms with Crippen molar-refractivity contribution >= 4 is 39.2 Å². The first kappa shape index (κ1) is 46.0. The van der Waals surface area contributed by atoms with Crippen LogP contribution < -0.4 is 15.5 Å². The fourth-order valence-corrected chi connectivity index (χ4v) is 7.05. The molecule has 0 unspecified atom stereocenters. The van der Waals surface area contributed by atoms with Crippen LogP contribution in [0.3, 0.4) is 0 Å². The highest BCUT2D eigenvalue weighted by Crippen LogP contribution is 2.25. The molecule has 2 heterocycles. The van der Waals surface area contributed by atoms with Gasteiger partial charge in [0.05, 0.1) is 54.8 Å². The number of carbonyl (C=O) groups excluding carboxylic acids is 3. The molecule has 2 aliphatic rings. The molecule has 0 aliphatic carbocycles. The fraction of sp³-hybridized carbons (Fsp3) is 0.372. The molecule has 2 fully saturated rings. The van der Waals surface area contributed by atoms with Crippen LogP contribution in [-0.2, 0) is 32.4 Å². The third kappa shape index (κ3) is 14.3. The van der Waals surface area contributed by atoms with Gasteiger partial charge in [0.2, 0.25) is 0 Å². The molecule has 11 nitrogen and oxygen atoms in total. The number of hydrogen-bond donors (Lipinski definition) is 2. The highest BCUT2D eigenvalue weighted by molar-refractivity contribution is 7.91. The van der Waals surface area contributed by atoms with E-state index in [9.17, 15) is 31.6 Å². The van der Waals surface area contributed by atoms with Crippen LogP contribution in [0.25, 0.3) is 0 Å². The summed E-state index contributed by atoms with van der Waals surface area (Å²) in [4.78, 5) is 38.8. The van der Waals surface area contributed by atoms with Crippen molar-refractivity contribution in [1.29, 1.82) is 0 Å². The number of aryl methyl sites for hydroxylation is 2. The number of carbonyl (C=O) groups is 3. The maximum Gasteiger partial charge on any atom is 0.337 e. The molecule has 0 radical (unpaired) electrons. The summed E-state index contributed by atoms with van der Waals surface area (Å²) in [5, 5.41) is 6.31. The summed E-state index contributed by atoms with van der Waals surface area (Å²) >= 11 is 0. The maximum atomic E-state index is 14.7. The number of piperidine rings is 1. The quantitative estimate of drug-likeness (QED) is 0.172. The summed E-state index contributed by atoms with van der Waals surface area (Å²) in [6.45, 7) is 6.77. The predicted octanol–water partition coefficient (Wildman–Crippen LogP) is 7.71. The van der Waals surface area contributed by atoms with Crippen LogP contribution in [0.5, 0.6) is 0 Å². The van der Waals surface area contributed by atoms with E-state index in [1.807, 2.05) is 25.1 Å². The Bertz CT molecular complexity index is 2020. The van der Waals surface area contributed by atoms with Crippen molar-refractivity contribution in [2.45, 2.75) is 53.6 Å². The highest BCUT2D eigenvalue weighted by atomic mass is 32.2. The van der Waals surface area contributed by atoms with E-state index in [2.05, 4.69) is 20.1 Å². The normalized spacial score (nSPS) is 14.2. The van der Waals surface area contributed by atoms with Gasteiger partial charge in [-0.15, -0.1) is 0 Å². The third-order valence-corrected chi connectivity index (χ3v) is 10.8. The Balaban J connectivity index is 0.000000276. The molecule has 4 aromatic rings. The largest absolute Gasteiger partial charge is 0.465 e. The number of methoxy groups -OCH3 is 2. The summed E-state index contributed by atoms with van der Waals surface area (Å²) in [7, 11) is -0.525. The first-order valence-corrected chi connectivity index (χ1v) is 20.2. The van der Waals surface area contributed by atoms with Gasteiger partial charge < -0.3 is 25.0 Å². The number of anilines is 2. The highest BCUT2D eigenvalue weighted by Gasteiger charge is 2.30.